The molecule has 0 nitrogen and oxygen atoms in total. The maximum Gasteiger partial charge on any atom is -0.00992 e. The van der Waals surface area contributed by atoms with E-state index in [1.54, 1.807) is 0 Å². The van der Waals surface area contributed by atoms with Crippen molar-refractivity contribution in [1.82, 2.24) is 0 Å². The van der Waals surface area contributed by atoms with Crippen molar-refractivity contribution in [3.05, 3.63) is 103 Å². The third-order valence-electron chi connectivity index (χ3n) is 4.05. The lowest BCUT2D eigenvalue weighted by Gasteiger charge is -2.13. The summed E-state index contributed by atoms with van der Waals surface area (Å²) in [5, 5.41) is 0. The minimum Gasteiger partial charge on any atom is -0.0985 e. The standard InChI is InChI=1S/C23H20/c1-3-18(4-2)21-15-16-22(19-11-7-5-8-12-19)23(17-21)20-13-9-6-10-14-20/h3-17H,1H2,2H3/b18-4+. The smallest absolute Gasteiger partial charge is 0.00992 e. The summed E-state index contributed by atoms with van der Waals surface area (Å²) in [5.74, 6) is 0. The van der Waals surface area contributed by atoms with Crippen LogP contribution in [0.3, 0.4) is 0 Å². The Kier molecular flexibility index (Phi) is 4.54. The maximum absolute atomic E-state index is 3.92. The molecule has 3 aromatic rings. The van der Waals surface area contributed by atoms with E-state index < -0.39 is 0 Å². The van der Waals surface area contributed by atoms with E-state index in [4.69, 9.17) is 0 Å². The van der Waals surface area contributed by atoms with E-state index in [9.17, 15) is 0 Å². The molecule has 0 aromatic heterocycles. The first-order valence-corrected chi connectivity index (χ1v) is 7.87. The van der Waals surface area contributed by atoms with Crippen LogP contribution in [0.4, 0.5) is 0 Å². The monoisotopic (exact) mass is 296 g/mol. The molecule has 0 heteroatoms. The van der Waals surface area contributed by atoms with Crippen molar-refractivity contribution in [2.75, 3.05) is 0 Å². The highest BCUT2D eigenvalue weighted by Crippen LogP contribution is 2.34. The van der Waals surface area contributed by atoms with E-state index in [2.05, 4.69) is 91.5 Å². The fraction of sp³-hybridized carbons (Fsp3) is 0.0435. The maximum atomic E-state index is 3.92. The van der Waals surface area contributed by atoms with E-state index in [0.717, 1.165) is 5.57 Å². The molecule has 0 radical (unpaired) electrons. The highest BCUT2D eigenvalue weighted by Gasteiger charge is 2.09. The minimum atomic E-state index is 1.15. The molecule has 0 saturated carbocycles. The molecule has 23 heavy (non-hydrogen) atoms. The van der Waals surface area contributed by atoms with Crippen molar-refractivity contribution in [2.24, 2.45) is 0 Å². The van der Waals surface area contributed by atoms with E-state index in [0.29, 0.717) is 0 Å². The number of hydrogen-bond donors (Lipinski definition) is 0. The predicted octanol–water partition coefficient (Wildman–Crippen LogP) is 6.61. The Morgan fingerprint density at radius 2 is 1.30 bits per heavy atom. The number of benzene rings is 3. The summed E-state index contributed by atoms with van der Waals surface area (Å²) in [6.45, 7) is 5.97. The molecule has 0 unspecified atom stereocenters. The van der Waals surface area contributed by atoms with E-state index in [1.165, 1.54) is 27.8 Å². The summed E-state index contributed by atoms with van der Waals surface area (Å²) in [5.41, 5.74) is 7.31. The Labute approximate surface area is 138 Å². The quantitative estimate of drug-likeness (QED) is 0.475. The van der Waals surface area contributed by atoms with Gasteiger partial charge in [0, 0.05) is 0 Å². The van der Waals surface area contributed by atoms with Crippen molar-refractivity contribution in [3.8, 4) is 22.3 Å². The van der Waals surface area contributed by atoms with Crippen LogP contribution in [-0.2, 0) is 0 Å². The second kappa shape index (κ2) is 6.93. The van der Waals surface area contributed by atoms with Gasteiger partial charge in [0.05, 0.1) is 0 Å². The highest BCUT2D eigenvalue weighted by molar-refractivity contribution is 5.87. The predicted molar refractivity (Wildman–Crippen MR) is 101 cm³/mol. The van der Waals surface area contributed by atoms with Gasteiger partial charge in [-0.2, -0.15) is 0 Å². The molecule has 0 bridgehead atoms. The molecular weight excluding hydrogens is 276 g/mol. The molecule has 0 atom stereocenters. The van der Waals surface area contributed by atoms with Crippen LogP contribution in [0.25, 0.3) is 27.8 Å². The fourth-order valence-electron chi connectivity index (χ4n) is 2.85. The molecule has 0 aliphatic rings. The second-order valence-electron chi connectivity index (χ2n) is 5.44. The first-order chi connectivity index (χ1) is 11.3. The average Bonchev–Trinajstić information content (AvgIpc) is 2.64. The molecule has 0 aliphatic heterocycles. The van der Waals surface area contributed by atoms with E-state index >= 15 is 0 Å². The van der Waals surface area contributed by atoms with Crippen LogP contribution in [0.2, 0.25) is 0 Å². The molecule has 112 valence electrons. The highest BCUT2D eigenvalue weighted by atomic mass is 14.1. The lowest BCUT2D eigenvalue weighted by molar-refractivity contribution is 1.54. The number of allylic oxidation sites excluding steroid dienone is 3. The van der Waals surface area contributed by atoms with Gasteiger partial charge in [-0.1, -0.05) is 91.5 Å². The lowest BCUT2D eigenvalue weighted by atomic mass is 9.91. The van der Waals surface area contributed by atoms with Gasteiger partial charge in [-0.05, 0) is 46.4 Å². The lowest BCUT2D eigenvalue weighted by Crippen LogP contribution is -1.89. The zero-order chi connectivity index (χ0) is 16.1. The Balaban J connectivity index is 2.23. The minimum absolute atomic E-state index is 1.15. The van der Waals surface area contributed by atoms with Gasteiger partial charge in [-0.15, -0.1) is 0 Å². The molecule has 0 amide bonds. The molecule has 0 aliphatic carbocycles. The van der Waals surface area contributed by atoms with Crippen LogP contribution >= 0.6 is 0 Å². The summed E-state index contributed by atoms with van der Waals surface area (Å²) in [7, 11) is 0. The van der Waals surface area contributed by atoms with Crippen LogP contribution in [0.5, 0.6) is 0 Å². The first-order valence-electron chi connectivity index (χ1n) is 7.87. The van der Waals surface area contributed by atoms with Gasteiger partial charge in [-0.25, -0.2) is 0 Å². The second-order valence-corrected chi connectivity index (χ2v) is 5.44. The Morgan fingerprint density at radius 3 is 1.83 bits per heavy atom. The van der Waals surface area contributed by atoms with Crippen molar-refractivity contribution >= 4 is 5.57 Å². The van der Waals surface area contributed by atoms with Crippen LogP contribution < -0.4 is 0 Å². The molecule has 0 N–H and O–H groups in total. The van der Waals surface area contributed by atoms with Crippen molar-refractivity contribution in [2.45, 2.75) is 6.92 Å². The normalized spacial score (nSPS) is 11.3. The molecule has 0 spiro atoms. The number of hydrogen-bond acceptors (Lipinski definition) is 0. The van der Waals surface area contributed by atoms with Gasteiger partial charge in [0.2, 0.25) is 0 Å². The van der Waals surface area contributed by atoms with Gasteiger partial charge in [-0.3, -0.25) is 0 Å². The van der Waals surface area contributed by atoms with Gasteiger partial charge >= 0.3 is 0 Å². The molecule has 0 fully saturated rings. The Morgan fingerprint density at radius 1 is 0.739 bits per heavy atom. The zero-order valence-corrected chi connectivity index (χ0v) is 13.4. The zero-order valence-electron chi connectivity index (χ0n) is 13.4. The largest absolute Gasteiger partial charge is 0.0985 e. The summed E-state index contributed by atoms with van der Waals surface area (Å²) in [6.07, 6.45) is 4.01. The van der Waals surface area contributed by atoms with Crippen LogP contribution in [0.1, 0.15) is 12.5 Å². The molecule has 3 rings (SSSR count). The van der Waals surface area contributed by atoms with Gasteiger partial charge in [0.25, 0.3) is 0 Å². The molecular formula is C23H20. The number of rotatable bonds is 4. The average molecular weight is 296 g/mol. The Hall–Kier alpha value is -2.86. The Bertz CT molecular complexity index is 824. The van der Waals surface area contributed by atoms with Gasteiger partial charge < -0.3 is 0 Å². The van der Waals surface area contributed by atoms with Gasteiger partial charge in [0.15, 0.2) is 0 Å². The fourth-order valence-corrected chi connectivity index (χ4v) is 2.85. The van der Waals surface area contributed by atoms with Crippen molar-refractivity contribution in [1.29, 1.82) is 0 Å². The topological polar surface area (TPSA) is 0 Å². The van der Waals surface area contributed by atoms with Crippen LogP contribution in [0.15, 0.2) is 97.6 Å². The third kappa shape index (κ3) is 3.17. The van der Waals surface area contributed by atoms with Crippen LogP contribution in [0, 0.1) is 0 Å². The first kappa shape index (κ1) is 15.1. The van der Waals surface area contributed by atoms with Gasteiger partial charge in [0.1, 0.15) is 0 Å². The summed E-state index contributed by atoms with van der Waals surface area (Å²) in [4.78, 5) is 0. The SMILES string of the molecule is C=C/C(=C\C)c1ccc(-c2ccccc2)c(-c2ccccc2)c1. The summed E-state index contributed by atoms with van der Waals surface area (Å²) >= 11 is 0. The van der Waals surface area contributed by atoms with E-state index in [-0.39, 0.29) is 0 Å². The van der Waals surface area contributed by atoms with E-state index in [1.807, 2.05) is 13.0 Å². The van der Waals surface area contributed by atoms with Crippen LogP contribution in [-0.4, -0.2) is 0 Å². The van der Waals surface area contributed by atoms with Crippen molar-refractivity contribution in [3.63, 3.8) is 0 Å². The summed E-state index contributed by atoms with van der Waals surface area (Å²) in [6, 6.07) is 27.7. The summed E-state index contributed by atoms with van der Waals surface area (Å²) < 4.78 is 0. The third-order valence-corrected chi connectivity index (χ3v) is 4.05. The molecule has 0 heterocycles. The van der Waals surface area contributed by atoms with Crippen molar-refractivity contribution < 1.29 is 0 Å². The molecule has 0 saturated heterocycles. The molecule has 3 aromatic carbocycles.